The number of rotatable bonds is 4. The Kier molecular flexibility index (Phi) is 4.36. The first-order chi connectivity index (χ1) is 9.13. The van der Waals surface area contributed by atoms with Crippen LogP contribution in [0.25, 0.3) is 0 Å². The Morgan fingerprint density at radius 2 is 1.74 bits per heavy atom. The number of halogens is 2. The predicted molar refractivity (Wildman–Crippen MR) is 72.0 cm³/mol. The van der Waals surface area contributed by atoms with E-state index in [1.54, 1.807) is 24.3 Å². The zero-order valence-corrected chi connectivity index (χ0v) is 10.7. The minimum Gasteiger partial charge on any atom is -0.484 e. The van der Waals surface area contributed by atoms with Gasteiger partial charge >= 0.3 is 0 Å². The van der Waals surface area contributed by atoms with Gasteiger partial charge in [0, 0.05) is 10.7 Å². The first-order valence-corrected chi connectivity index (χ1v) is 5.95. The fourth-order valence-corrected chi connectivity index (χ4v) is 1.54. The number of carbonyl (C=O) groups excluding carboxylic acids is 1. The van der Waals surface area contributed by atoms with Crippen molar-refractivity contribution in [1.82, 2.24) is 0 Å². The molecule has 2 aromatic rings. The van der Waals surface area contributed by atoms with Crippen LogP contribution in [-0.2, 0) is 4.79 Å². The summed E-state index contributed by atoms with van der Waals surface area (Å²) in [5.74, 6) is -0.115. The largest absolute Gasteiger partial charge is 0.484 e. The lowest BCUT2D eigenvalue weighted by Gasteiger charge is -2.07. The summed E-state index contributed by atoms with van der Waals surface area (Å²) in [5.41, 5.74) is 0.520. The number of hydrogen-bond acceptors (Lipinski definition) is 2. The van der Waals surface area contributed by atoms with Crippen LogP contribution in [-0.4, -0.2) is 12.5 Å². The Balaban J connectivity index is 1.84. The first-order valence-electron chi connectivity index (χ1n) is 5.57. The van der Waals surface area contributed by atoms with Crippen molar-refractivity contribution in [2.24, 2.45) is 0 Å². The smallest absolute Gasteiger partial charge is 0.262 e. The number of amides is 1. The Morgan fingerprint density at radius 3 is 2.37 bits per heavy atom. The number of nitrogens with one attached hydrogen (secondary N) is 1. The fraction of sp³-hybridized carbons (Fsp3) is 0.0714. The molecule has 2 aromatic carbocycles. The quantitative estimate of drug-likeness (QED) is 0.930. The molecule has 1 N–H and O–H groups in total. The minimum atomic E-state index is -0.351. The molecule has 0 saturated carbocycles. The van der Waals surface area contributed by atoms with E-state index in [1.807, 2.05) is 0 Å². The molecule has 0 spiro atoms. The molecule has 0 unspecified atom stereocenters. The van der Waals surface area contributed by atoms with Crippen molar-refractivity contribution in [3.8, 4) is 5.75 Å². The molecule has 3 nitrogen and oxygen atoms in total. The molecule has 0 saturated heterocycles. The second kappa shape index (κ2) is 6.20. The molecule has 0 aromatic heterocycles. The predicted octanol–water partition coefficient (Wildman–Crippen LogP) is 3.50. The minimum absolute atomic E-state index is 0.126. The van der Waals surface area contributed by atoms with Crippen LogP contribution in [0, 0.1) is 5.82 Å². The Hall–Kier alpha value is -2.07. The van der Waals surface area contributed by atoms with Gasteiger partial charge in [-0.25, -0.2) is 4.39 Å². The summed E-state index contributed by atoms with van der Waals surface area (Å²) >= 11 is 5.73. The molecular formula is C14H11ClFNO2. The Labute approximate surface area is 115 Å². The van der Waals surface area contributed by atoms with Crippen LogP contribution < -0.4 is 10.1 Å². The second-order valence-corrected chi connectivity index (χ2v) is 4.23. The van der Waals surface area contributed by atoms with Gasteiger partial charge in [-0.1, -0.05) is 11.6 Å². The maximum Gasteiger partial charge on any atom is 0.262 e. The number of hydrogen-bond donors (Lipinski definition) is 1. The first kappa shape index (κ1) is 13.4. The zero-order valence-electron chi connectivity index (χ0n) is 9.90. The van der Waals surface area contributed by atoms with Crippen LogP contribution in [0.15, 0.2) is 48.5 Å². The van der Waals surface area contributed by atoms with E-state index in [0.717, 1.165) is 0 Å². The van der Waals surface area contributed by atoms with E-state index < -0.39 is 0 Å². The van der Waals surface area contributed by atoms with Crippen LogP contribution in [0.2, 0.25) is 5.02 Å². The molecular weight excluding hydrogens is 269 g/mol. The molecule has 0 atom stereocenters. The van der Waals surface area contributed by atoms with E-state index in [2.05, 4.69) is 5.32 Å². The van der Waals surface area contributed by atoms with Crippen LogP contribution >= 0.6 is 11.6 Å². The zero-order chi connectivity index (χ0) is 13.7. The molecule has 98 valence electrons. The van der Waals surface area contributed by atoms with Gasteiger partial charge in [-0.2, -0.15) is 0 Å². The van der Waals surface area contributed by atoms with Gasteiger partial charge in [0.2, 0.25) is 0 Å². The molecule has 0 radical (unpaired) electrons. The third-order valence-corrected chi connectivity index (χ3v) is 2.56. The van der Waals surface area contributed by atoms with E-state index in [1.165, 1.54) is 24.3 Å². The molecule has 0 aliphatic carbocycles. The number of ether oxygens (including phenoxy) is 1. The normalized spacial score (nSPS) is 10.0. The molecule has 0 bridgehead atoms. The summed E-state index contributed by atoms with van der Waals surface area (Å²) in [4.78, 5) is 11.6. The van der Waals surface area contributed by atoms with E-state index in [0.29, 0.717) is 16.5 Å². The van der Waals surface area contributed by atoms with Crippen LogP contribution in [0.3, 0.4) is 0 Å². The highest BCUT2D eigenvalue weighted by atomic mass is 35.5. The van der Waals surface area contributed by atoms with Crippen molar-refractivity contribution >= 4 is 23.2 Å². The molecule has 1 amide bonds. The molecule has 0 aliphatic rings. The van der Waals surface area contributed by atoms with E-state index in [9.17, 15) is 9.18 Å². The maximum atomic E-state index is 12.7. The number of benzene rings is 2. The van der Waals surface area contributed by atoms with Gasteiger partial charge in [0.05, 0.1) is 0 Å². The van der Waals surface area contributed by atoms with E-state index in [-0.39, 0.29) is 18.3 Å². The van der Waals surface area contributed by atoms with Crippen molar-refractivity contribution < 1.29 is 13.9 Å². The SMILES string of the molecule is O=C(COc1ccc(Cl)cc1)Nc1ccc(F)cc1. The Bertz CT molecular complexity index is 555. The standard InChI is InChI=1S/C14H11ClFNO2/c15-10-1-7-13(8-2-10)19-9-14(18)17-12-5-3-11(16)4-6-12/h1-8H,9H2,(H,17,18). The lowest BCUT2D eigenvalue weighted by atomic mass is 10.3. The van der Waals surface area contributed by atoms with Crippen LogP contribution in [0.4, 0.5) is 10.1 Å². The van der Waals surface area contributed by atoms with Crippen molar-refractivity contribution in [2.45, 2.75) is 0 Å². The number of carbonyl (C=O) groups is 1. The van der Waals surface area contributed by atoms with Crippen molar-refractivity contribution in [3.63, 3.8) is 0 Å². The summed E-state index contributed by atoms with van der Waals surface area (Å²) in [7, 11) is 0. The van der Waals surface area contributed by atoms with E-state index >= 15 is 0 Å². The average molecular weight is 280 g/mol. The van der Waals surface area contributed by atoms with Crippen LogP contribution in [0.1, 0.15) is 0 Å². The number of anilines is 1. The van der Waals surface area contributed by atoms with Crippen molar-refractivity contribution in [3.05, 3.63) is 59.4 Å². The molecule has 2 rings (SSSR count). The third kappa shape index (κ3) is 4.26. The highest BCUT2D eigenvalue weighted by molar-refractivity contribution is 6.30. The topological polar surface area (TPSA) is 38.3 Å². The highest BCUT2D eigenvalue weighted by Gasteiger charge is 2.03. The van der Waals surface area contributed by atoms with Gasteiger partial charge in [-0.05, 0) is 48.5 Å². The molecule has 19 heavy (non-hydrogen) atoms. The molecule has 0 heterocycles. The second-order valence-electron chi connectivity index (χ2n) is 3.80. The summed E-state index contributed by atoms with van der Waals surface area (Å²) in [6.45, 7) is -0.126. The summed E-state index contributed by atoms with van der Waals surface area (Å²) < 4.78 is 18.0. The van der Waals surface area contributed by atoms with Gasteiger partial charge in [0.25, 0.3) is 5.91 Å². The van der Waals surface area contributed by atoms with Gasteiger partial charge < -0.3 is 10.1 Å². The van der Waals surface area contributed by atoms with Gasteiger partial charge in [0.15, 0.2) is 6.61 Å². The van der Waals surface area contributed by atoms with Gasteiger partial charge in [-0.3, -0.25) is 4.79 Å². The Morgan fingerprint density at radius 1 is 1.11 bits per heavy atom. The summed E-state index contributed by atoms with van der Waals surface area (Å²) in [6, 6.07) is 12.2. The fourth-order valence-electron chi connectivity index (χ4n) is 1.41. The molecule has 5 heteroatoms. The lowest BCUT2D eigenvalue weighted by molar-refractivity contribution is -0.118. The van der Waals surface area contributed by atoms with Gasteiger partial charge in [0.1, 0.15) is 11.6 Å². The van der Waals surface area contributed by atoms with Crippen molar-refractivity contribution in [1.29, 1.82) is 0 Å². The van der Waals surface area contributed by atoms with Crippen molar-refractivity contribution in [2.75, 3.05) is 11.9 Å². The highest BCUT2D eigenvalue weighted by Crippen LogP contribution is 2.15. The lowest BCUT2D eigenvalue weighted by Crippen LogP contribution is -2.20. The third-order valence-electron chi connectivity index (χ3n) is 2.31. The van der Waals surface area contributed by atoms with Gasteiger partial charge in [-0.15, -0.1) is 0 Å². The average Bonchev–Trinajstić information content (AvgIpc) is 2.41. The summed E-state index contributed by atoms with van der Waals surface area (Å²) in [5, 5.41) is 3.19. The van der Waals surface area contributed by atoms with E-state index in [4.69, 9.17) is 16.3 Å². The maximum absolute atomic E-state index is 12.7. The van der Waals surface area contributed by atoms with Crippen LogP contribution in [0.5, 0.6) is 5.75 Å². The summed E-state index contributed by atoms with van der Waals surface area (Å²) in [6.07, 6.45) is 0. The monoisotopic (exact) mass is 279 g/mol. The molecule has 0 fully saturated rings. The molecule has 0 aliphatic heterocycles.